The number of nitrogens with zero attached hydrogens (tertiary/aromatic N) is 1. The Balaban J connectivity index is 1.69. The number of hydrogen-bond donors (Lipinski definition) is 1. The maximum absolute atomic E-state index is 12.6. The van der Waals surface area contributed by atoms with Crippen LogP contribution in [0.15, 0.2) is 42.5 Å². The van der Waals surface area contributed by atoms with Gasteiger partial charge in [0.2, 0.25) is 0 Å². The number of hydrogen-bond acceptors (Lipinski definition) is 4. The van der Waals surface area contributed by atoms with Crippen molar-refractivity contribution in [1.29, 1.82) is 0 Å². The van der Waals surface area contributed by atoms with Crippen LogP contribution >= 0.6 is 11.3 Å². The van der Waals surface area contributed by atoms with Crippen LogP contribution in [0.5, 0.6) is 5.75 Å². The van der Waals surface area contributed by atoms with E-state index >= 15 is 0 Å². The zero-order valence-corrected chi connectivity index (χ0v) is 16.8. The van der Waals surface area contributed by atoms with Crippen molar-refractivity contribution in [2.24, 2.45) is 0 Å². The molecule has 142 valence electrons. The van der Waals surface area contributed by atoms with E-state index in [4.69, 9.17) is 4.74 Å². The summed E-state index contributed by atoms with van der Waals surface area (Å²) >= 11 is 1.51. The second-order valence-electron chi connectivity index (χ2n) is 6.61. The van der Waals surface area contributed by atoms with Gasteiger partial charge in [0, 0.05) is 5.56 Å². The summed E-state index contributed by atoms with van der Waals surface area (Å²) in [5, 5.41) is 3.54. The smallest absolute Gasteiger partial charge is 0.257 e. The van der Waals surface area contributed by atoms with E-state index in [1.165, 1.54) is 29.7 Å². The second kappa shape index (κ2) is 9.51. The molecule has 0 aliphatic rings. The van der Waals surface area contributed by atoms with E-state index in [-0.39, 0.29) is 5.91 Å². The molecule has 0 fully saturated rings. The summed E-state index contributed by atoms with van der Waals surface area (Å²) in [7, 11) is 0. The highest BCUT2D eigenvalue weighted by Crippen LogP contribution is 2.28. The molecule has 0 unspecified atom stereocenters. The molecule has 1 aromatic heterocycles. The summed E-state index contributed by atoms with van der Waals surface area (Å²) in [4.78, 5) is 17.1. The van der Waals surface area contributed by atoms with Gasteiger partial charge >= 0.3 is 0 Å². The largest absolute Gasteiger partial charge is 0.494 e. The van der Waals surface area contributed by atoms with Crippen LogP contribution in [0.4, 0.5) is 5.13 Å². The van der Waals surface area contributed by atoms with Gasteiger partial charge in [-0.2, -0.15) is 0 Å². The minimum Gasteiger partial charge on any atom is -0.494 e. The normalized spacial score (nSPS) is 10.9. The molecule has 3 aromatic rings. The van der Waals surface area contributed by atoms with Crippen LogP contribution in [0, 0.1) is 0 Å². The molecule has 0 atom stereocenters. The summed E-state index contributed by atoms with van der Waals surface area (Å²) in [6.45, 7) is 4.99. The minimum absolute atomic E-state index is 0.166. The van der Waals surface area contributed by atoms with Gasteiger partial charge in [0.1, 0.15) is 5.75 Å². The number of aryl methyl sites for hydroxylation is 1. The first-order chi connectivity index (χ1) is 13.2. The lowest BCUT2D eigenvalue weighted by molar-refractivity contribution is 0.102. The van der Waals surface area contributed by atoms with Gasteiger partial charge < -0.3 is 4.74 Å². The molecule has 1 heterocycles. The summed E-state index contributed by atoms with van der Waals surface area (Å²) < 4.78 is 6.79. The van der Waals surface area contributed by atoms with Gasteiger partial charge in [0.05, 0.1) is 16.8 Å². The molecular weight excluding hydrogens is 356 g/mol. The maximum Gasteiger partial charge on any atom is 0.257 e. The van der Waals surface area contributed by atoms with Gasteiger partial charge in [0.15, 0.2) is 5.13 Å². The lowest BCUT2D eigenvalue weighted by atomic mass is 10.1. The third-order valence-electron chi connectivity index (χ3n) is 4.36. The molecule has 0 aliphatic carbocycles. The predicted octanol–water partition coefficient (Wildman–Crippen LogP) is 6.07. The zero-order chi connectivity index (χ0) is 19.1. The van der Waals surface area contributed by atoms with Crippen molar-refractivity contribution in [1.82, 2.24) is 4.98 Å². The lowest BCUT2D eigenvalue weighted by Crippen LogP contribution is -2.11. The van der Waals surface area contributed by atoms with Crippen LogP contribution in [-0.2, 0) is 6.42 Å². The Kier molecular flexibility index (Phi) is 6.82. The number of aromatic nitrogens is 1. The van der Waals surface area contributed by atoms with Crippen molar-refractivity contribution < 1.29 is 9.53 Å². The Labute approximate surface area is 164 Å². The SMILES string of the molecule is CCCCOc1cccc(C(=O)Nc2nc3ccc(CCCC)cc3s2)c1. The number of carbonyl (C=O) groups is 1. The number of ether oxygens (including phenoxy) is 1. The fraction of sp³-hybridized carbons (Fsp3) is 0.364. The first-order valence-corrected chi connectivity index (χ1v) is 10.4. The highest BCUT2D eigenvalue weighted by atomic mass is 32.1. The molecule has 0 aliphatic heterocycles. The molecule has 0 radical (unpaired) electrons. The Morgan fingerprint density at radius 1 is 1.11 bits per heavy atom. The molecule has 1 amide bonds. The molecule has 27 heavy (non-hydrogen) atoms. The molecule has 4 nitrogen and oxygen atoms in total. The summed E-state index contributed by atoms with van der Waals surface area (Å²) in [5.74, 6) is 0.558. The van der Waals surface area contributed by atoms with E-state index in [2.05, 4.69) is 36.3 Å². The number of thiazole rings is 1. The Bertz CT molecular complexity index is 904. The van der Waals surface area contributed by atoms with Crippen molar-refractivity contribution in [2.45, 2.75) is 46.0 Å². The lowest BCUT2D eigenvalue weighted by Gasteiger charge is -2.07. The van der Waals surface area contributed by atoms with Crippen LogP contribution in [0.1, 0.15) is 55.5 Å². The first kappa shape index (κ1) is 19.4. The summed E-state index contributed by atoms with van der Waals surface area (Å²) in [5.41, 5.74) is 2.82. The van der Waals surface area contributed by atoms with Gasteiger partial charge in [-0.15, -0.1) is 0 Å². The van der Waals surface area contributed by atoms with Crippen molar-refractivity contribution in [3.63, 3.8) is 0 Å². The minimum atomic E-state index is -0.166. The maximum atomic E-state index is 12.6. The van der Waals surface area contributed by atoms with Gasteiger partial charge in [-0.25, -0.2) is 4.98 Å². The van der Waals surface area contributed by atoms with Crippen molar-refractivity contribution in [2.75, 3.05) is 11.9 Å². The number of amides is 1. The number of benzene rings is 2. The zero-order valence-electron chi connectivity index (χ0n) is 16.0. The van der Waals surface area contributed by atoms with E-state index in [9.17, 15) is 4.79 Å². The molecule has 1 N–H and O–H groups in total. The predicted molar refractivity (Wildman–Crippen MR) is 113 cm³/mol. The third-order valence-corrected chi connectivity index (χ3v) is 5.29. The average Bonchev–Trinajstić information content (AvgIpc) is 3.08. The number of fused-ring (bicyclic) bond motifs is 1. The van der Waals surface area contributed by atoms with E-state index in [0.717, 1.165) is 35.2 Å². The van der Waals surface area contributed by atoms with Crippen LogP contribution in [0.2, 0.25) is 0 Å². The van der Waals surface area contributed by atoms with Gasteiger partial charge in [0.25, 0.3) is 5.91 Å². The monoisotopic (exact) mass is 382 g/mol. The molecule has 3 rings (SSSR count). The van der Waals surface area contributed by atoms with Crippen molar-refractivity contribution in [3.05, 3.63) is 53.6 Å². The first-order valence-electron chi connectivity index (χ1n) is 9.63. The van der Waals surface area contributed by atoms with Gasteiger partial charge in [-0.1, -0.05) is 50.2 Å². The van der Waals surface area contributed by atoms with Crippen LogP contribution in [0.25, 0.3) is 10.2 Å². The number of unbranched alkanes of at least 4 members (excludes halogenated alkanes) is 2. The molecule has 0 saturated carbocycles. The molecule has 0 spiro atoms. The number of carbonyl (C=O) groups excluding carboxylic acids is 1. The van der Waals surface area contributed by atoms with E-state index in [1.807, 2.05) is 18.2 Å². The van der Waals surface area contributed by atoms with Gasteiger partial charge in [-0.05, 0) is 55.2 Å². The Hall–Kier alpha value is -2.40. The molecular formula is C22H26N2O2S. The van der Waals surface area contributed by atoms with E-state index < -0.39 is 0 Å². The summed E-state index contributed by atoms with van der Waals surface area (Å²) in [6.07, 6.45) is 5.53. The number of anilines is 1. The second-order valence-corrected chi connectivity index (χ2v) is 7.64. The van der Waals surface area contributed by atoms with E-state index in [0.29, 0.717) is 17.3 Å². The molecule has 0 saturated heterocycles. The average molecular weight is 383 g/mol. The molecule has 2 aromatic carbocycles. The highest BCUT2D eigenvalue weighted by molar-refractivity contribution is 7.22. The number of rotatable bonds is 9. The fourth-order valence-corrected chi connectivity index (χ4v) is 3.71. The third kappa shape index (κ3) is 5.30. The fourth-order valence-electron chi connectivity index (χ4n) is 2.79. The topological polar surface area (TPSA) is 51.2 Å². The van der Waals surface area contributed by atoms with Gasteiger partial charge in [-0.3, -0.25) is 10.1 Å². The van der Waals surface area contributed by atoms with Crippen molar-refractivity contribution in [3.8, 4) is 5.75 Å². The van der Waals surface area contributed by atoms with Crippen LogP contribution < -0.4 is 10.1 Å². The standard InChI is InChI=1S/C22H26N2O2S/c1-3-5-8-16-11-12-19-20(14-16)27-22(23-19)24-21(25)17-9-7-10-18(15-17)26-13-6-4-2/h7,9-12,14-15H,3-6,8,13H2,1-2H3,(H,23,24,25). The quantitative estimate of drug-likeness (QED) is 0.457. The van der Waals surface area contributed by atoms with Crippen molar-refractivity contribution >= 4 is 32.6 Å². The Morgan fingerprint density at radius 2 is 1.96 bits per heavy atom. The molecule has 0 bridgehead atoms. The van der Waals surface area contributed by atoms with Crippen LogP contribution in [-0.4, -0.2) is 17.5 Å². The van der Waals surface area contributed by atoms with E-state index in [1.54, 1.807) is 12.1 Å². The highest BCUT2D eigenvalue weighted by Gasteiger charge is 2.11. The van der Waals surface area contributed by atoms with Crippen LogP contribution in [0.3, 0.4) is 0 Å². The summed E-state index contributed by atoms with van der Waals surface area (Å²) in [6, 6.07) is 13.6. The number of nitrogens with one attached hydrogen (secondary N) is 1. The Morgan fingerprint density at radius 3 is 2.78 bits per heavy atom. The molecule has 5 heteroatoms.